The van der Waals surface area contributed by atoms with Gasteiger partial charge in [-0.3, -0.25) is 28.8 Å². The minimum Gasteiger partial charge on any atom is -0.383 e. The average molecular weight is 449 g/mol. The van der Waals surface area contributed by atoms with E-state index in [9.17, 15) is 19.2 Å². The molecule has 2 amide bonds. The molecule has 1 atom stereocenters. The fourth-order valence-electron chi connectivity index (χ4n) is 4.86. The summed E-state index contributed by atoms with van der Waals surface area (Å²) in [5.41, 5.74) is 5.20. The molecule has 10 nitrogen and oxygen atoms in total. The van der Waals surface area contributed by atoms with Gasteiger partial charge in [-0.25, -0.2) is 4.79 Å². The van der Waals surface area contributed by atoms with Crippen LogP contribution in [0.4, 0.5) is 11.5 Å². The summed E-state index contributed by atoms with van der Waals surface area (Å²) in [5, 5.41) is 0. The van der Waals surface area contributed by atoms with E-state index in [1.54, 1.807) is 19.0 Å². The van der Waals surface area contributed by atoms with Crippen molar-refractivity contribution in [2.45, 2.75) is 76.9 Å². The number of likely N-dealkylation sites (tertiary alicyclic amines) is 1. The second-order valence-corrected chi connectivity index (χ2v) is 9.06. The zero-order valence-corrected chi connectivity index (χ0v) is 19.4. The van der Waals surface area contributed by atoms with Crippen LogP contribution in [0.15, 0.2) is 9.59 Å². The molecule has 1 unspecified atom stereocenters. The first-order valence-corrected chi connectivity index (χ1v) is 11.7. The second-order valence-electron chi connectivity index (χ2n) is 9.06. The Morgan fingerprint density at radius 2 is 1.81 bits per heavy atom. The van der Waals surface area contributed by atoms with Gasteiger partial charge in [0.05, 0.1) is 12.6 Å². The zero-order chi connectivity index (χ0) is 23.4. The van der Waals surface area contributed by atoms with Crippen molar-refractivity contribution in [2.75, 3.05) is 37.8 Å². The fourth-order valence-corrected chi connectivity index (χ4v) is 4.86. The van der Waals surface area contributed by atoms with Crippen molar-refractivity contribution in [3.8, 4) is 0 Å². The standard InChI is InChI=1S/C22H36N6O4/c1-4-5-13-27-19(23)18(20(30)24-22(27)32)28(15-9-6-7-10-15)17(29)14-26-12-8-11-16(26)21(31)25(2)3/h15-16H,4-14,23H2,1-3H3,(H,24,30,32). The predicted octanol–water partition coefficient (Wildman–Crippen LogP) is 0.747. The largest absolute Gasteiger partial charge is 0.383 e. The average Bonchev–Trinajstić information content (AvgIpc) is 3.42. The number of unbranched alkanes of at least 4 members (excludes halogenated alkanes) is 1. The Balaban J connectivity index is 1.96. The highest BCUT2D eigenvalue weighted by Crippen LogP contribution is 2.30. The number of aromatic nitrogens is 2. The number of hydrogen-bond acceptors (Lipinski definition) is 6. The second kappa shape index (κ2) is 10.3. The van der Waals surface area contributed by atoms with E-state index in [0.29, 0.717) is 19.5 Å². The molecule has 32 heavy (non-hydrogen) atoms. The number of nitrogen functional groups attached to an aromatic ring is 1. The van der Waals surface area contributed by atoms with E-state index in [4.69, 9.17) is 5.73 Å². The summed E-state index contributed by atoms with van der Waals surface area (Å²) in [6, 6.07) is -0.484. The summed E-state index contributed by atoms with van der Waals surface area (Å²) in [6.07, 6.45) is 6.62. The summed E-state index contributed by atoms with van der Waals surface area (Å²) >= 11 is 0. The van der Waals surface area contributed by atoms with Crippen molar-refractivity contribution < 1.29 is 9.59 Å². The number of carbonyl (C=O) groups is 2. The van der Waals surface area contributed by atoms with Crippen molar-refractivity contribution in [1.29, 1.82) is 0 Å². The predicted molar refractivity (Wildman–Crippen MR) is 124 cm³/mol. The van der Waals surface area contributed by atoms with E-state index in [0.717, 1.165) is 44.9 Å². The Morgan fingerprint density at radius 3 is 2.44 bits per heavy atom. The first kappa shape index (κ1) is 24.0. The van der Waals surface area contributed by atoms with Gasteiger partial charge in [0.2, 0.25) is 11.8 Å². The number of amides is 2. The minimum atomic E-state index is -0.636. The maximum Gasteiger partial charge on any atom is 0.330 e. The van der Waals surface area contributed by atoms with Crippen LogP contribution >= 0.6 is 0 Å². The Labute approximate surface area is 188 Å². The van der Waals surface area contributed by atoms with Gasteiger partial charge in [-0.05, 0) is 38.6 Å². The number of likely N-dealkylation sites (N-methyl/N-ethyl adjacent to an activating group) is 1. The number of H-pyrrole nitrogens is 1. The zero-order valence-electron chi connectivity index (χ0n) is 19.4. The fraction of sp³-hybridized carbons (Fsp3) is 0.727. The Morgan fingerprint density at radius 1 is 1.12 bits per heavy atom. The van der Waals surface area contributed by atoms with Crippen LogP contribution in [0.5, 0.6) is 0 Å². The van der Waals surface area contributed by atoms with Crippen molar-refractivity contribution in [2.24, 2.45) is 0 Å². The molecule has 1 aromatic rings. The van der Waals surface area contributed by atoms with Crippen LogP contribution in [0.1, 0.15) is 58.3 Å². The Bertz CT molecular complexity index is 947. The van der Waals surface area contributed by atoms with Gasteiger partial charge in [0.25, 0.3) is 5.56 Å². The molecule has 1 saturated heterocycles. The van der Waals surface area contributed by atoms with Crippen LogP contribution in [-0.4, -0.2) is 70.4 Å². The van der Waals surface area contributed by atoms with Crippen LogP contribution in [-0.2, 0) is 16.1 Å². The number of aromatic amines is 1. The molecular formula is C22H36N6O4. The smallest absolute Gasteiger partial charge is 0.330 e. The maximum absolute atomic E-state index is 13.6. The molecule has 2 fully saturated rings. The highest BCUT2D eigenvalue weighted by Gasteiger charge is 2.37. The van der Waals surface area contributed by atoms with Gasteiger partial charge in [-0.15, -0.1) is 0 Å². The topological polar surface area (TPSA) is 125 Å². The van der Waals surface area contributed by atoms with Crippen molar-refractivity contribution in [1.82, 2.24) is 19.4 Å². The molecule has 2 heterocycles. The Kier molecular flexibility index (Phi) is 7.76. The molecule has 0 bridgehead atoms. The molecule has 1 aromatic heterocycles. The summed E-state index contributed by atoms with van der Waals surface area (Å²) < 4.78 is 1.35. The number of hydrogen-bond donors (Lipinski definition) is 2. The van der Waals surface area contributed by atoms with E-state index in [-0.39, 0.29) is 41.9 Å². The number of nitrogens with zero attached hydrogens (tertiary/aromatic N) is 4. The molecule has 1 aliphatic heterocycles. The highest BCUT2D eigenvalue weighted by atomic mass is 16.2. The van der Waals surface area contributed by atoms with E-state index < -0.39 is 11.2 Å². The summed E-state index contributed by atoms with van der Waals surface area (Å²) in [7, 11) is 3.43. The summed E-state index contributed by atoms with van der Waals surface area (Å²) in [4.78, 5) is 58.7. The van der Waals surface area contributed by atoms with Crippen molar-refractivity contribution in [3.05, 3.63) is 20.8 Å². The first-order chi connectivity index (χ1) is 15.3. The molecule has 0 aromatic carbocycles. The number of carbonyl (C=O) groups excluding carboxylic acids is 2. The van der Waals surface area contributed by atoms with Crippen LogP contribution in [0.2, 0.25) is 0 Å². The van der Waals surface area contributed by atoms with Crippen LogP contribution in [0, 0.1) is 0 Å². The van der Waals surface area contributed by atoms with E-state index in [1.807, 2.05) is 11.8 Å². The van der Waals surface area contributed by atoms with E-state index in [1.165, 1.54) is 9.47 Å². The van der Waals surface area contributed by atoms with Gasteiger partial charge in [0.1, 0.15) is 5.82 Å². The van der Waals surface area contributed by atoms with Gasteiger partial charge in [-0.2, -0.15) is 0 Å². The molecule has 10 heteroatoms. The molecule has 1 aliphatic carbocycles. The van der Waals surface area contributed by atoms with Crippen molar-refractivity contribution >= 4 is 23.3 Å². The molecule has 2 aliphatic rings. The molecule has 0 radical (unpaired) electrons. The van der Waals surface area contributed by atoms with Crippen LogP contribution in [0.25, 0.3) is 0 Å². The number of anilines is 2. The van der Waals surface area contributed by atoms with Crippen LogP contribution < -0.4 is 21.9 Å². The van der Waals surface area contributed by atoms with Gasteiger partial charge in [-0.1, -0.05) is 26.2 Å². The monoisotopic (exact) mass is 448 g/mol. The molecular weight excluding hydrogens is 412 g/mol. The SMILES string of the molecule is CCCCn1c(N)c(N(C(=O)CN2CCCC2C(=O)N(C)C)C2CCCC2)c(=O)[nH]c1=O. The molecule has 3 N–H and O–H groups in total. The normalized spacial score (nSPS) is 19.4. The molecule has 1 saturated carbocycles. The number of nitrogens with two attached hydrogens (primary N) is 1. The lowest BCUT2D eigenvalue weighted by Gasteiger charge is -2.33. The lowest BCUT2D eigenvalue weighted by Crippen LogP contribution is -2.51. The summed E-state index contributed by atoms with van der Waals surface area (Å²) in [5.74, 6) is -0.240. The van der Waals surface area contributed by atoms with Crippen LogP contribution in [0.3, 0.4) is 0 Å². The van der Waals surface area contributed by atoms with Gasteiger partial charge >= 0.3 is 5.69 Å². The van der Waals surface area contributed by atoms with Gasteiger partial charge < -0.3 is 15.5 Å². The molecule has 0 spiro atoms. The third kappa shape index (κ3) is 4.90. The lowest BCUT2D eigenvalue weighted by atomic mass is 10.1. The lowest BCUT2D eigenvalue weighted by molar-refractivity contribution is -0.134. The minimum absolute atomic E-state index is 0.0202. The number of rotatable bonds is 8. The third-order valence-electron chi connectivity index (χ3n) is 6.58. The Hall–Kier alpha value is -2.62. The summed E-state index contributed by atoms with van der Waals surface area (Å²) in [6.45, 7) is 3.07. The molecule has 178 valence electrons. The van der Waals surface area contributed by atoms with Crippen molar-refractivity contribution in [3.63, 3.8) is 0 Å². The first-order valence-electron chi connectivity index (χ1n) is 11.7. The number of nitrogens with one attached hydrogen (secondary N) is 1. The quantitative estimate of drug-likeness (QED) is 0.605. The van der Waals surface area contributed by atoms with E-state index >= 15 is 0 Å². The third-order valence-corrected chi connectivity index (χ3v) is 6.58. The maximum atomic E-state index is 13.6. The van der Waals surface area contributed by atoms with E-state index in [2.05, 4.69) is 4.98 Å². The van der Waals surface area contributed by atoms with Gasteiger partial charge in [0.15, 0.2) is 5.69 Å². The molecule has 3 rings (SSSR count). The highest BCUT2D eigenvalue weighted by molar-refractivity contribution is 5.98. The van der Waals surface area contributed by atoms with Gasteiger partial charge in [0, 0.05) is 26.7 Å².